The van der Waals surface area contributed by atoms with Gasteiger partial charge in [0.2, 0.25) is 5.91 Å². The monoisotopic (exact) mass is 406 g/mol. The number of nitrogens with zero attached hydrogens (tertiary/aromatic N) is 3. The summed E-state index contributed by atoms with van der Waals surface area (Å²) in [6, 6.07) is 3.51. The fourth-order valence-corrected chi connectivity index (χ4v) is 4.65. The minimum Gasteiger partial charge on any atom is -0.459 e. The van der Waals surface area contributed by atoms with E-state index in [1.54, 1.807) is 18.4 Å². The van der Waals surface area contributed by atoms with Crippen LogP contribution in [0.1, 0.15) is 32.1 Å². The molecular formula is C19H26N4O4S. The highest BCUT2D eigenvalue weighted by molar-refractivity contribution is 7.99. The van der Waals surface area contributed by atoms with E-state index in [9.17, 15) is 4.79 Å². The molecule has 1 saturated carbocycles. The van der Waals surface area contributed by atoms with Crippen molar-refractivity contribution in [2.24, 2.45) is 0 Å². The summed E-state index contributed by atoms with van der Waals surface area (Å²) in [6.45, 7) is 4.14. The van der Waals surface area contributed by atoms with Crippen molar-refractivity contribution < 1.29 is 18.4 Å². The number of aromatic nitrogens is 2. The maximum Gasteiger partial charge on any atom is 0.284 e. The van der Waals surface area contributed by atoms with Crippen LogP contribution in [-0.2, 0) is 9.53 Å². The number of carbonyl (C=O) groups excluding carboxylic acids is 1. The van der Waals surface area contributed by atoms with E-state index in [1.807, 2.05) is 0 Å². The number of carbonyl (C=O) groups is 1. The zero-order chi connectivity index (χ0) is 19.2. The molecule has 4 rings (SSSR count). The smallest absolute Gasteiger partial charge is 0.284 e. The second-order valence-electron chi connectivity index (χ2n) is 7.30. The number of nitrogens with one attached hydrogen (secondary N) is 1. The Kier molecular flexibility index (Phi) is 6.33. The molecule has 152 valence electrons. The molecule has 9 heteroatoms. The zero-order valence-electron chi connectivity index (χ0n) is 15.9. The highest BCUT2D eigenvalue weighted by Gasteiger charge is 2.38. The van der Waals surface area contributed by atoms with E-state index in [2.05, 4.69) is 20.4 Å². The maximum absolute atomic E-state index is 12.4. The summed E-state index contributed by atoms with van der Waals surface area (Å²) in [5, 5.41) is 11.4. The number of hydrogen-bond acceptors (Lipinski definition) is 8. The second-order valence-corrected chi connectivity index (χ2v) is 8.23. The van der Waals surface area contributed by atoms with Gasteiger partial charge in [-0.1, -0.05) is 31.0 Å². The third kappa shape index (κ3) is 4.59. The molecule has 8 nitrogen and oxygen atoms in total. The molecule has 0 radical (unpaired) electrons. The molecule has 0 unspecified atom stereocenters. The van der Waals surface area contributed by atoms with Gasteiger partial charge < -0.3 is 18.9 Å². The molecule has 0 aromatic carbocycles. The highest BCUT2D eigenvalue weighted by Crippen LogP contribution is 2.34. The van der Waals surface area contributed by atoms with E-state index in [4.69, 9.17) is 13.6 Å². The molecule has 1 aliphatic heterocycles. The maximum atomic E-state index is 12.4. The third-order valence-electron chi connectivity index (χ3n) is 5.55. The summed E-state index contributed by atoms with van der Waals surface area (Å²) >= 11 is 1.24. The lowest BCUT2D eigenvalue weighted by Crippen LogP contribution is -2.59. The number of furan rings is 1. The molecule has 0 atom stereocenters. The normalized spacial score (nSPS) is 20.1. The first-order chi connectivity index (χ1) is 13.8. The molecule has 1 amide bonds. The Bertz CT molecular complexity index is 752. The lowest BCUT2D eigenvalue weighted by Gasteiger charge is -2.48. The van der Waals surface area contributed by atoms with Gasteiger partial charge in [-0.3, -0.25) is 9.69 Å². The SMILES string of the molecule is O=C(CSc1nnc(-c2ccco2)o1)NCC1(N2CCOCC2)CCCCC1. The molecular weight excluding hydrogens is 380 g/mol. The largest absolute Gasteiger partial charge is 0.459 e. The summed E-state index contributed by atoms with van der Waals surface area (Å²) in [5.74, 6) is 1.08. The third-order valence-corrected chi connectivity index (χ3v) is 6.36. The number of amides is 1. The van der Waals surface area contributed by atoms with Crippen molar-refractivity contribution in [3.63, 3.8) is 0 Å². The van der Waals surface area contributed by atoms with Crippen LogP contribution in [0.25, 0.3) is 11.7 Å². The zero-order valence-corrected chi connectivity index (χ0v) is 16.7. The van der Waals surface area contributed by atoms with Gasteiger partial charge in [0, 0.05) is 25.2 Å². The number of ether oxygens (including phenoxy) is 1. The van der Waals surface area contributed by atoms with E-state index < -0.39 is 0 Å². The average Bonchev–Trinajstić information content (AvgIpc) is 3.44. The molecule has 0 bridgehead atoms. The van der Waals surface area contributed by atoms with Gasteiger partial charge in [-0.15, -0.1) is 10.2 Å². The highest BCUT2D eigenvalue weighted by atomic mass is 32.2. The molecule has 1 saturated heterocycles. The summed E-state index contributed by atoms with van der Waals surface area (Å²) in [5.41, 5.74) is 0.0688. The van der Waals surface area contributed by atoms with Gasteiger partial charge in [0.1, 0.15) is 0 Å². The second kappa shape index (κ2) is 9.11. The topological polar surface area (TPSA) is 93.6 Å². The van der Waals surface area contributed by atoms with E-state index in [0.29, 0.717) is 23.4 Å². The van der Waals surface area contributed by atoms with Crippen LogP contribution in [0, 0.1) is 0 Å². The van der Waals surface area contributed by atoms with Crippen molar-refractivity contribution in [3.8, 4) is 11.7 Å². The Morgan fingerprint density at radius 3 is 2.79 bits per heavy atom. The van der Waals surface area contributed by atoms with Crippen molar-refractivity contribution in [3.05, 3.63) is 18.4 Å². The molecule has 28 heavy (non-hydrogen) atoms. The van der Waals surface area contributed by atoms with Gasteiger partial charge >= 0.3 is 0 Å². The van der Waals surface area contributed by atoms with E-state index >= 15 is 0 Å². The first-order valence-electron chi connectivity index (χ1n) is 9.85. The van der Waals surface area contributed by atoms with Gasteiger partial charge in [0.15, 0.2) is 5.76 Å². The van der Waals surface area contributed by atoms with Gasteiger partial charge in [-0.25, -0.2) is 0 Å². The number of rotatable bonds is 7. The first-order valence-corrected chi connectivity index (χ1v) is 10.8. The predicted molar refractivity (Wildman–Crippen MR) is 104 cm³/mol. The summed E-state index contributed by atoms with van der Waals surface area (Å²) in [4.78, 5) is 15.0. The van der Waals surface area contributed by atoms with Crippen LogP contribution in [-0.4, -0.2) is 65.1 Å². The van der Waals surface area contributed by atoms with Crippen molar-refractivity contribution in [2.75, 3.05) is 38.6 Å². The fraction of sp³-hybridized carbons (Fsp3) is 0.632. The van der Waals surface area contributed by atoms with Gasteiger partial charge in [-0.2, -0.15) is 0 Å². The Balaban J connectivity index is 1.29. The molecule has 2 aromatic heterocycles. The Hall–Kier alpha value is -1.84. The number of morpholine rings is 1. The fourth-order valence-electron chi connectivity index (χ4n) is 4.06. The van der Waals surface area contributed by atoms with Gasteiger partial charge in [0.25, 0.3) is 11.1 Å². The van der Waals surface area contributed by atoms with Crippen LogP contribution in [0.3, 0.4) is 0 Å². The minimum atomic E-state index is -0.0130. The Morgan fingerprint density at radius 2 is 2.04 bits per heavy atom. The average molecular weight is 407 g/mol. The van der Waals surface area contributed by atoms with Crippen LogP contribution in [0.5, 0.6) is 0 Å². The van der Waals surface area contributed by atoms with Crippen molar-refractivity contribution >= 4 is 17.7 Å². The number of thioether (sulfide) groups is 1. The van der Waals surface area contributed by atoms with Crippen molar-refractivity contribution in [1.82, 2.24) is 20.4 Å². The van der Waals surface area contributed by atoms with Crippen LogP contribution in [0.2, 0.25) is 0 Å². The molecule has 1 N–H and O–H groups in total. The van der Waals surface area contributed by atoms with Crippen LogP contribution < -0.4 is 5.32 Å². The Labute approximate surface area is 168 Å². The van der Waals surface area contributed by atoms with Crippen LogP contribution >= 0.6 is 11.8 Å². The molecule has 2 aromatic rings. The quantitative estimate of drug-likeness (QED) is 0.701. The summed E-state index contributed by atoms with van der Waals surface area (Å²) in [6.07, 6.45) is 7.55. The summed E-state index contributed by atoms with van der Waals surface area (Å²) in [7, 11) is 0. The van der Waals surface area contributed by atoms with Crippen LogP contribution in [0.15, 0.2) is 32.5 Å². The minimum absolute atomic E-state index is 0.0130. The molecule has 1 aliphatic carbocycles. The van der Waals surface area contributed by atoms with E-state index in [0.717, 1.165) is 39.1 Å². The van der Waals surface area contributed by atoms with Gasteiger partial charge in [-0.05, 0) is 25.0 Å². The van der Waals surface area contributed by atoms with E-state index in [-0.39, 0.29) is 17.2 Å². The molecule has 2 fully saturated rings. The van der Waals surface area contributed by atoms with Gasteiger partial charge in [0.05, 0.1) is 25.2 Å². The van der Waals surface area contributed by atoms with Crippen molar-refractivity contribution in [2.45, 2.75) is 42.9 Å². The standard InChI is InChI=1S/C19H26N4O4S/c24-16(13-28-18-22-21-17(27-18)15-5-4-10-26-15)20-14-19(6-2-1-3-7-19)23-8-11-25-12-9-23/h4-5,10H,1-3,6-9,11-14H2,(H,20,24). The first kappa shape index (κ1) is 19.5. The lowest BCUT2D eigenvalue weighted by atomic mass is 9.79. The molecule has 0 spiro atoms. The summed E-state index contributed by atoms with van der Waals surface area (Å²) < 4.78 is 16.3. The predicted octanol–water partition coefficient (Wildman–Crippen LogP) is 2.57. The molecule has 3 heterocycles. The Morgan fingerprint density at radius 1 is 1.21 bits per heavy atom. The number of hydrogen-bond donors (Lipinski definition) is 1. The van der Waals surface area contributed by atoms with E-state index in [1.165, 1.54) is 31.0 Å². The molecule has 2 aliphatic rings. The van der Waals surface area contributed by atoms with Crippen LogP contribution in [0.4, 0.5) is 0 Å². The lowest BCUT2D eigenvalue weighted by molar-refractivity contribution is -0.119. The van der Waals surface area contributed by atoms with Crippen molar-refractivity contribution in [1.29, 1.82) is 0 Å².